The number of benzene rings is 1. The van der Waals surface area contributed by atoms with Gasteiger partial charge in [-0.3, -0.25) is 4.72 Å². The molecule has 2 aromatic rings. The molecule has 0 aliphatic heterocycles. The van der Waals surface area contributed by atoms with Crippen LogP contribution in [0.25, 0.3) is 10.4 Å². The first-order valence-electron chi connectivity index (χ1n) is 5.48. The van der Waals surface area contributed by atoms with Gasteiger partial charge in [0.2, 0.25) is 10.0 Å². The molecule has 0 aliphatic carbocycles. The second-order valence-corrected chi connectivity index (χ2v) is 7.25. The molecule has 0 saturated heterocycles. The third-order valence-electron chi connectivity index (χ3n) is 2.46. The van der Waals surface area contributed by atoms with Crippen LogP contribution >= 0.6 is 22.9 Å². The molecule has 3 N–H and O–H groups in total. The maximum absolute atomic E-state index is 11.1. The van der Waals surface area contributed by atoms with E-state index in [1.54, 1.807) is 23.6 Å². The lowest BCUT2D eigenvalue weighted by atomic mass is 9.82. The SMILES string of the molecule is CS(=O)(=O)Nc1ccc(-c2cc(B(O)O)cs2)c(Cl)c1. The zero-order chi connectivity index (χ0) is 14.9. The van der Waals surface area contributed by atoms with Gasteiger partial charge >= 0.3 is 7.12 Å². The molecule has 2 rings (SSSR count). The molecule has 1 heterocycles. The molecule has 0 aliphatic rings. The average Bonchev–Trinajstić information content (AvgIpc) is 2.76. The molecule has 1 aromatic carbocycles. The number of hydrogen-bond acceptors (Lipinski definition) is 5. The summed E-state index contributed by atoms with van der Waals surface area (Å²) < 4.78 is 24.6. The molecule has 0 radical (unpaired) electrons. The van der Waals surface area contributed by atoms with Crippen LogP contribution in [-0.4, -0.2) is 31.8 Å². The fourth-order valence-electron chi connectivity index (χ4n) is 1.62. The van der Waals surface area contributed by atoms with Crippen LogP contribution in [-0.2, 0) is 10.0 Å². The van der Waals surface area contributed by atoms with Crippen LogP contribution in [0.15, 0.2) is 29.6 Å². The van der Waals surface area contributed by atoms with Gasteiger partial charge in [-0.2, -0.15) is 0 Å². The van der Waals surface area contributed by atoms with E-state index in [1.165, 1.54) is 17.4 Å². The Balaban J connectivity index is 2.33. The monoisotopic (exact) mass is 331 g/mol. The zero-order valence-electron chi connectivity index (χ0n) is 10.4. The first-order chi connectivity index (χ1) is 9.26. The van der Waals surface area contributed by atoms with Gasteiger partial charge in [-0.15, -0.1) is 11.3 Å². The molecule has 0 atom stereocenters. The number of hydrogen-bond donors (Lipinski definition) is 3. The minimum Gasteiger partial charge on any atom is -0.423 e. The van der Waals surface area contributed by atoms with Gasteiger partial charge in [0.25, 0.3) is 0 Å². The van der Waals surface area contributed by atoms with Gasteiger partial charge in [0.05, 0.1) is 11.3 Å². The number of thiophene rings is 1. The largest absolute Gasteiger partial charge is 0.489 e. The van der Waals surface area contributed by atoms with E-state index in [0.29, 0.717) is 21.7 Å². The van der Waals surface area contributed by atoms with Crippen LogP contribution < -0.4 is 10.2 Å². The predicted molar refractivity (Wildman–Crippen MR) is 83.1 cm³/mol. The van der Waals surface area contributed by atoms with E-state index in [9.17, 15) is 8.42 Å². The topological polar surface area (TPSA) is 86.6 Å². The lowest BCUT2D eigenvalue weighted by molar-refractivity contribution is 0.426. The van der Waals surface area contributed by atoms with Crippen molar-refractivity contribution in [3.8, 4) is 10.4 Å². The summed E-state index contributed by atoms with van der Waals surface area (Å²) in [5.74, 6) is 0. The Bertz CT molecular complexity index is 730. The standard InChI is InChI=1S/C11H11BClNO4S2/c1-20(17,18)14-8-2-3-9(10(13)5-8)11-4-7(6-19-11)12(15)16/h2-6,14-16H,1H3. The van der Waals surface area contributed by atoms with Crippen molar-refractivity contribution >= 4 is 51.2 Å². The Morgan fingerprint density at radius 3 is 2.50 bits per heavy atom. The summed E-state index contributed by atoms with van der Waals surface area (Å²) >= 11 is 7.45. The van der Waals surface area contributed by atoms with Gasteiger partial charge in [0, 0.05) is 16.1 Å². The van der Waals surface area contributed by atoms with Crippen molar-refractivity contribution in [3.05, 3.63) is 34.7 Å². The van der Waals surface area contributed by atoms with Gasteiger partial charge in [-0.05, 0) is 35.1 Å². The molecule has 20 heavy (non-hydrogen) atoms. The van der Waals surface area contributed by atoms with Gasteiger partial charge < -0.3 is 10.0 Å². The summed E-state index contributed by atoms with van der Waals surface area (Å²) in [7, 11) is -4.87. The van der Waals surface area contributed by atoms with Crippen LogP contribution in [0.2, 0.25) is 5.02 Å². The summed E-state index contributed by atoms with van der Waals surface area (Å²) in [5, 5.41) is 20.2. The highest BCUT2D eigenvalue weighted by atomic mass is 35.5. The number of anilines is 1. The molecule has 5 nitrogen and oxygen atoms in total. The number of rotatable bonds is 4. The van der Waals surface area contributed by atoms with Crippen molar-refractivity contribution < 1.29 is 18.5 Å². The van der Waals surface area contributed by atoms with Crippen LogP contribution in [0.3, 0.4) is 0 Å². The Hall–Kier alpha value is -1.06. The first kappa shape index (κ1) is 15.3. The molecule has 106 valence electrons. The molecule has 0 amide bonds. The molecule has 0 unspecified atom stereocenters. The minimum atomic E-state index is -3.35. The van der Waals surface area contributed by atoms with Crippen LogP contribution in [0.1, 0.15) is 0 Å². The van der Waals surface area contributed by atoms with E-state index in [1.807, 2.05) is 0 Å². The van der Waals surface area contributed by atoms with Gasteiger partial charge in [0.1, 0.15) is 0 Å². The first-order valence-corrected chi connectivity index (χ1v) is 8.63. The van der Waals surface area contributed by atoms with Crippen LogP contribution in [0.5, 0.6) is 0 Å². The highest BCUT2D eigenvalue weighted by molar-refractivity contribution is 7.92. The Morgan fingerprint density at radius 2 is 2.00 bits per heavy atom. The van der Waals surface area contributed by atoms with E-state index in [0.717, 1.165) is 11.1 Å². The van der Waals surface area contributed by atoms with E-state index in [2.05, 4.69) is 4.72 Å². The normalized spacial score (nSPS) is 11.4. The smallest absolute Gasteiger partial charge is 0.423 e. The van der Waals surface area contributed by atoms with Crippen molar-refractivity contribution in [2.75, 3.05) is 11.0 Å². The number of sulfonamides is 1. The summed E-state index contributed by atoms with van der Waals surface area (Å²) in [5.41, 5.74) is 1.46. The van der Waals surface area contributed by atoms with Gasteiger partial charge in [0.15, 0.2) is 0 Å². The fraction of sp³-hybridized carbons (Fsp3) is 0.0909. The van der Waals surface area contributed by atoms with Gasteiger partial charge in [-0.1, -0.05) is 11.6 Å². The quantitative estimate of drug-likeness (QED) is 0.733. The Morgan fingerprint density at radius 1 is 1.30 bits per heavy atom. The van der Waals surface area contributed by atoms with Crippen molar-refractivity contribution in [2.45, 2.75) is 0 Å². The van der Waals surface area contributed by atoms with E-state index in [4.69, 9.17) is 21.6 Å². The highest BCUT2D eigenvalue weighted by Crippen LogP contribution is 2.32. The molecule has 0 spiro atoms. The van der Waals surface area contributed by atoms with Crippen molar-refractivity contribution in [1.29, 1.82) is 0 Å². The van der Waals surface area contributed by atoms with Crippen molar-refractivity contribution in [3.63, 3.8) is 0 Å². The van der Waals surface area contributed by atoms with Crippen LogP contribution in [0, 0.1) is 0 Å². The van der Waals surface area contributed by atoms with Crippen molar-refractivity contribution in [1.82, 2.24) is 0 Å². The molecule has 9 heteroatoms. The second-order valence-electron chi connectivity index (χ2n) is 4.19. The third kappa shape index (κ3) is 3.74. The molecule has 1 aromatic heterocycles. The highest BCUT2D eigenvalue weighted by Gasteiger charge is 2.15. The fourth-order valence-corrected chi connectivity index (χ4v) is 3.48. The zero-order valence-corrected chi connectivity index (χ0v) is 12.8. The Labute approximate surface area is 126 Å². The molecule has 0 bridgehead atoms. The third-order valence-corrected chi connectivity index (χ3v) is 4.36. The number of halogens is 1. The number of nitrogens with one attached hydrogen (secondary N) is 1. The summed E-state index contributed by atoms with van der Waals surface area (Å²) in [6, 6.07) is 6.40. The maximum atomic E-state index is 11.1. The van der Waals surface area contributed by atoms with Gasteiger partial charge in [-0.25, -0.2) is 8.42 Å². The van der Waals surface area contributed by atoms with E-state index >= 15 is 0 Å². The van der Waals surface area contributed by atoms with Crippen molar-refractivity contribution in [2.24, 2.45) is 0 Å². The molecule has 0 fully saturated rings. The minimum absolute atomic E-state index is 0.375. The lowest BCUT2D eigenvalue weighted by Crippen LogP contribution is -2.27. The maximum Gasteiger partial charge on any atom is 0.489 e. The average molecular weight is 332 g/mol. The van der Waals surface area contributed by atoms with E-state index < -0.39 is 17.1 Å². The second kappa shape index (κ2) is 5.75. The van der Waals surface area contributed by atoms with Crippen LogP contribution in [0.4, 0.5) is 5.69 Å². The molecule has 0 saturated carbocycles. The molecular weight excluding hydrogens is 321 g/mol. The summed E-state index contributed by atoms with van der Waals surface area (Å²) in [4.78, 5) is 0.768. The predicted octanol–water partition coefficient (Wildman–Crippen LogP) is 1.12. The Kier molecular flexibility index (Phi) is 4.41. The lowest BCUT2D eigenvalue weighted by Gasteiger charge is -2.07. The molecular formula is C11H11BClNO4S2. The van der Waals surface area contributed by atoms with E-state index in [-0.39, 0.29) is 0 Å². The summed E-state index contributed by atoms with van der Waals surface area (Å²) in [6.07, 6.45) is 1.06. The summed E-state index contributed by atoms with van der Waals surface area (Å²) in [6.45, 7) is 0.